The van der Waals surface area contributed by atoms with Gasteiger partial charge in [-0.25, -0.2) is 0 Å². The van der Waals surface area contributed by atoms with E-state index in [1.807, 2.05) is 0 Å². The first kappa shape index (κ1) is 18.0. The first-order valence-corrected chi connectivity index (χ1v) is 6.98. The van der Waals surface area contributed by atoms with Crippen molar-refractivity contribution in [1.29, 1.82) is 0 Å². The monoisotopic (exact) mass is 342 g/mol. The van der Waals surface area contributed by atoms with E-state index in [2.05, 4.69) is 5.32 Å². The average molecular weight is 342 g/mol. The summed E-state index contributed by atoms with van der Waals surface area (Å²) in [5, 5.41) is 12.5. The summed E-state index contributed by atoms with van der Waals surface area (Å²) in [6, 6.07) is 0.556. The Hall–Kier alpha value is -1.32. The topological polar surface area (TPSA) is 35.5 Å². The zero-order valence-corrected chi connectivity index (χ0v) is 12.0. The highest BCUT2D eigenvalue weighted by atomic mass is 19.4. The predicted octanol–water partition coefficient (Wildman–Crippen LogP) is 2.66. The average Bonchev–Trinajstić information content (AvgIpc) is 2.47. The molecule has 1 aromatic carbocycles. The van der Waals surface area contributed by atoms with Crippen molar-refractivity contribution in [3.8, 4) is 0 Å². The normalized spacial score (nSPS) is 18.9. The zero-order valence-electron chi connectivity index (χ0n) is 12.0. The molecule has 1 saturated heterocycles. The number of hydrogen-bond acceptors (Lipinski definition) is 3. The van der Waals surface area contributed by atoms with Crippen LogP contribution in [0, 0.1) is 0 Å². The quantitative estimate of drug-likeness (QED) is 0.829. The molecule has 2 N–H and O–H groups in total. The predicted molar refractivity (Wildman–Crippen MR) is 70.7 cm³/mol. The number of alkyl halides is 6. The van der Waals surface area contributed by atoms with Gasteiger partial charge in [0, 0.05) is 26.2 Å². The van der Waals surface area contributed by atoms with Crippen LogP contribution in [0.2, 0.25) is 0 Å². The van der Waals surface area contributed by atoms with Crippen molar-refractivity contribution in [2.24, 2.45) is 0 Å². The molecule has 0 spiro atoms. The fourth-order valence-electron chi connectivity index (χ4n) is 2.67. The van der Waals surface area contributed by atoms with Crippen LogP contribution in [0.3, 0.4) is 0 Å². The van der Waals surface area contributed by atoms with Crippen LogP contribution in [0.5, 0.6) is 0 Å². The van der Waals surface area contributed by atoms with Gasteiger partial charge in [-0.15, -0.1) is 0 Å². The van der Waals surface area contributed by atoms with Gasteiger partial charge in [0.2, 0.25) is 0 Å². The molecule has 1 aliphatic rings. The molecule has 23 heavy (non-hydrogen) atoms. The number of aliphatic hydroxyl groups excluding tert-OH is 1. The highest BCUT2D eigenvalue weighted by Crippen LogP contribution is 2.40. The van der Waals surface area contributed by atoms with Crippen molar-refractivity contribution in [2.75, 3.05) is 32.8 Å². The maximum absolute atomic E-state index is 13.2. The second kappa shape index (κ2) is 6.66. The SMILES string of the molecule is OC[C@H](c1ccc(C(F)(F)F)cc1C(F)(F)F)N1CCNCC1. The molecule has 0 saturated carbocycles. The lowest BCUT2D eigenvalue weighted by Crippen LogP contribution is -2.46. The number of nitrogens with one attached hydrogen (secondary N) is 1. The molecule has 1 heterocycles. The van der Waals surface area contributed by atoms with E-state index in [9.17, 15) is 31.4 Å². The van der Waals surface area contributed by atoms with E-state index in [0.717, 1.165) is 6.07 Å². The highest BCUT2D eigenvalue weighted by molar-refractivity contribution is 5.37. The maximum atomic E-state index is 13.2. The fourth-order valence-corrected chi connectivity index (χ4v) is 2.67. The van der Waals surface area contributed by atoms with Crippen LogP contribution in [0.15, 0.2) is 18.2 Å². The van der Waals surface area contributed by atoms with Crippen LogP contribution in [0.25, 0.3) is 0 Å². The first-order chi connectivity index (χ1) is 10.6. The Balaban J connectivity index is 2.47. The summed E-state index contributed by atoms with van der Waals surface area (Å²) in [5.41, 5.74) is -3.05. The summed E-state index contributed by atoms with van der Waals surface area (Å²) in [6.07, 6.45) is -9.79. The second-order valence-electron chi connectivity index (χ2n) is 5.28. The minimum atomic E-state index is -4.93. The van der Waals surface area contributed by atoms with Gasteiger partial charge in [-0.3, -0.25) is 4.90 Å². The number of halogens is 6. The smallest absolute Gasteiger partial charge is 0.394 e. The molecule has 0 unspecified atom stereocenters. The van der Waals surface area contributed by atoms with Crippen molar-refractivity contribution in [3.05, 3.63) is 34.9 Å². The summed E-state index contributed by atoms with van der Waals surface area (Å²) in [7, 11) is 0. The lowest BCUT2D eigenvalue weighted by Gasteiger charge is -2.35. The molecule has 0 amide bonds. The Kier molecular flexibility index (Phi) is 5.22. The minimum Gasteiger partial charge on any atom is -0.394 e. The molecule has 1 aromatic rings. The summed E-state index contributed by atoms with van der Waals surface area (Å²) >= 11 is 0. The Labute approximate surface area is 128 Å². The van der Waals surface area contributed by atoms with Crippen molar-refractivity contribution >= 4 is 0 Å². The van der Waals surface area contributed by atoms with E-state index in [-0.39, 0.29) is 11.6 Å². The van der Waals surface area contributed by atoms with Crippen LogP contribution in [0.4, 0.5) is 26.3 Å². The molecule has 0 bridgehead atoms. The third-order valence-corrected chi connectivity index (χ3v) is 3.81. The van der Waals surface area contributed by atoms with E-state index in [0.29, 0.717) is 32.2 Å². The van der Waals surface area contributed by atoms with Crippen molar-refractivity contribution in [1.82, 2.24) is 10.2 Å². The minimum absolute atomic E-state index is 0.111. The molecule has 0 radical (unpaired) electrons. The molecule has 1 fully saturated rings. The number of aliphatic hydroxyl groups is 1. The first-order valence-electron chi connectivity index (χ1n) is 6.98. The van der Waals surface area contributed by atoms with Gasteiger partial charge in [0.05, 0.1) is 23.8 Å². The lowest BCUT2D eigenvalue weighted by molar-refractivity contribution is -0.143. The Bertz CT molecular complexity index is 537. The molecular weight excluding hydrogens is 326 g/mol. The molecule has 9 heteroatoms. The number of benzene rings is 1. The number of nitrogens with zero attached hydrogens (tertiary/aromatic N) is 1. The van der Waals surface area contributed by atoms with Gasteiger partial charge in [-0.1, -0.05) is 6.07 Å². The van der Waals surface area contributed by atoms with Crippen molar-refractivity contribution in [3.63, 3.8) is 0 Å². The number of rotatable bonds is 3. The van der Waals surface area contributed by atoms with Crippen LogP contribution in [-0.4, -0.2) is 42.8 Å². The summed E-state index contributed by atoms with van der Waals surface area (Å²) in [6.45, 7) is 1.29. The van der Waals surface area contributed by atoms with Crippen molar-refractivity contribution < 1.29 is 31.4 Å². The molecule has 0 aromatic heterocycles. The van der Waals surface area contributed by atoms with Crippen LogP contribution < -0.4 is 5.32 Å². The van der Waals surface area contributed by atoms with Crippen LogP contribution >= 0.6 is 0 Å². The zero-order chi connectivity index (χ0) is 17.3. The second-order valence-corrected chi connectivity index (χ2v) is 5.28. The lowest BCUT2D eigenvalue weighted by atomic mass is 9.96. The Morgan fingerprint density at radius 2 is 1.65 bits per heavy atom. The third-order valence-electron chi connectivity index (χ3n) is 3.81. The van der Waals surface area contributed by atoms with Gasteiger partial charge in [-0.05, 0) is 17.7 Å². The highest BCUT2D eigenvalue weighted by Gasteiger charge is 2.40. The Morgan fingerprint density at radius 3 is 2.13 bits per heavy atom. The third kappa shape index (κ3) is 4.15. The number of piperazine rings is 1. The van der Waals surface area contributed by atoms with E-state index in [1.54, 1.807) is 4.90 Å². The van der Waals surface area contributed by atoms with E-state index in [1.165, 1.54) is 0 Å². The summed E-state index contributed by atoms with van der Waals surface area (Å²) in [4.78, 5) is 1.63. The Morgan fingerprint density at radius 1 is 1.04 bits per heavy atom. The molecule has 2 rings (SSSR count). The fraction of sp³-hybridized carbons (Fsp3) is 0.571. The largest absolute Gasteiger partial charge is 0.416 e. The van der Waals surface area contributed by atoms with E-state index in [4.69, 9.17) is 0 Å². The molecule has 3 nitrogen and oxygen atoms in total. The van der Waals surface area contributed by atoms with Crippen LogP contribution in [-0.2, 0) is 12.4 Å². The van der Waals surface area contributed by atoms with Crippen LogP contribution in [0.1, 0.15) is 22.7 Å². The standard InChI is InChI=1S/C14H16F6N2O/c15-13(16,17)9-1-2-10(11(7-9)14(18,19)20)12(8-23)22-5-3-21-4-6-22/h1-2,7,12,21,23H,3-6,8H2/t12-/m1/s1. The molecule has 130 valence electrons. The maximum Gasteiger partial charge on any atom is 0.416 e. The van der Waals surface area contributed by atoms with E-state index >= 15 is 0 Å². The summed E-state index contributed by atoms with van der Waals surface area (Å²) < 4.78 is 77.7. The van der Waals surface area contributed by atoms with E-state index < -0.39 is 36.1 Å². The molecule has 1 aliphatic heterocycles. The summed E-state index contributed by atoms with van der Waals surface area (Å²) in [5.74, 6) is 0. The van der Waals surface area contributed by atoms with Gasteiger partial charge in [0.25, 0.3) is 0 Å². The van der Waals surface area contributed by atoms with Gasteiger partial charge in [-0.2, -0.15) is 26.3 Å². The molecule has 1 atom stereocenters. The van der Waals surface area contributed by atoms with Gasteiger partial charge in [0.15, 0.2) is 0 Å². The number of hydrogen-bond donors (Lipinski definition) is 2. The molecule has 0 aliphatic carbocycles. The van der Waals surface area contributed by atoms with Gasteiger partial charge < -0.3 is 10.4 Å². The van der Waals surface area contributed by atoms with Gasteiger partial charge in [0.1, 0.15) is 0 Å². The van der Waals surface area contributed by atoms with Gasteiger partial charge >= 0.3 is 12.4 Å². The van der Waals surface area contributed by atoms with Crippen molar-refractivity contribution in [2.45, 2.75) is 18.4 Å². The molecular formula is C14H16F6N2O.